The monoisotopic (exact) mass is 219 g/mol. The maximum absolute atomic E-state index is 6.30. The summed E-state index contributed by atoms with van der Waals surface area (Å²) in [5, 5.41) is 0. The molecule has 2 atom stereocenters. The average Bonchev–Trinajstić information content (AvgIpc) is 2.12. The van der Waals surface area contributed by atoms with Gasteiger partial charge in [-0.1, -0.05) is 52.0 Å². The quantitative estimate of drug-likeness (QED) is 0.712. The van der Waals surface area contributed by atoms with E-state index in [-0.39, 0.29) is 16.9 Å². The molecule has 0 saturated carbocycles. The summed E-state index contributed by atoms with van der Waals surface area (Å²) in [5.74, 6) is 0. The van der Waals surface area contributed by atoms with Crippen molar-refractivity contribution in [3.8, 4) is 0 Å². The molecule has 1 nitrogen and oxygen atoms in total. The maximum Gasteiger partial charge on any atom is 0.0324 e. The molecule has 2 N–H and O–H groups in total. The highest BCUT2D eigenvalue weighted by Gasteiger charge is 2.41. The van der Waals surface area contributed by atoms with Gasteiger partial charge >= 0.3 is 0 Å². The van der Waals surface area contributed by atoms with E-state index in [9.17, 15) is 0 Å². The molecule has 1 aliphatic carbocycles. The lowest BCUT2D eigenvalue weighted by Crippen LogP contribution is -2.47. The van der Waals surface area contributed by atoms with Crippen LogP contribution in [0.4, 0.5) is 0 Å². The van der Waals surface area contributed by atoms with Crippen molar-refractivity contribution in [2.45, 2.75) is 47.6 Å². The van der Waals surface area contributed by atoms with Crippen LogP contribution in [0.15, 0.2) is 35.5 Å². The second kappa shape index (κ2) is 4.21. The Balaban J connectivity index is 3.24. The molecule has 0 radical (unpaired) electrons. The fourth-order valence-corrected chi connectivity index (χ4v) is 2.15. The largest absolute Gasteiger partial charge is 0.324 e. The van der Waals surface area contributed by atoms with Crippen LogP contribution in [0.5, 0.6) is 0 Å². The van der Waals surface area contributed by atoms with E-state index in [1.54, 1.807) is 0 Å². The summed E-state index contributed by atoms with van der Waals surface area (Å²) < 4.78 is 0. The van der Waals surface area contributed by atoms with E-state index < -0.39 is 0 Å². The van der Waals surface area contributed by atoms with E-state index in [0.29, 0.717) is 0 Å². The van der Waals surface area contributed by atoms with Gasteiger partial charge < -0.3 is 5.73 Å². The van der Waals surface area contributed by atoms with Gasteiger partial charge in [0, 0.05) is 11.5 Å². The van der Waals surface area contributed by atoms with Crippen LogP contribution in [-0.2, 0) is 0 Å². The molecule has 0 saturated heterocycles. The predicted molar refractivity (Wildman–Crippen MR) is 72.2 cm³/mol. The Hall–Kier alpha value is -0.820. The zero-order valence-corrected chi connectivity index (χ0v) is 11.5. The number of allylic oxidation sites excluding steroid dienone is 4. The third-order valence-corrected chi connectivity index (χ3v) is 3.99. The highest BCUT2D eigenvalue weighted by molar-refractivity contribution is 5.45. The van der Waals surface area contributed by atoms with E-state index in [0.717, 1.165) is 0 Å². The smallest absolute Gasteiger partial charge is 0.0324 e. The predicted octanol–water partition coefficient (Wildman–Crippen LogP) is 3.83. The molecular formula is C15H25N. The molecular weight excluding hydrogens is 194 g/mol. The van der Waals surface area contributed by atoms with E-state index >= 15 is 0 Å². The highest BCUT2D eigenvalue weighted by atomic mass is 14.7. The van der Waals surface area contributed by atoms with Crippen molar-refractivity contribution in [1.82, 2.24) is 0 Å². The molecule has 2 unspecified atom stereocenters. The molecule has 1 rings (SSSR count). The van der Waals surface area contributed by atoms with Crippen LogP contribution in [0.2, 0.25) is 0 Å². The van der Waals surface area contributed by atoms with E-state index in [2.05, 4.69) is 65.8 Å². The Kier molecular flexibility index (Phi) is 3.49. The lowest BCUT2D eigenvalue weighted by atomic mass is 9.61. The third kappa shape index (κ3) is 2.15. The zero-order valence-electron chi connectivity index (χ0n) is 11.5. The third-order valence-electron chi connectivity index (χ3n) is 3.99. The van der Waals surface area contributed by atoms with Crippen LogP contribution in [0.1, 0.15) is 41.5 Å². The van der Waals surface area contributed by atoms with Crippen LogP contribution < -0.4 is 5.73 Å². The Labute approximate surface area is 100 Å². The normalized spacial score (nSPS) is 31.6. The number of hydrogen-bond donors (Lipinski definition) is 1. The Morgan fingerprint density at radius 1 is 1.38 bits per heavy atom. The summed E-state index contributed by atoms with van der Waals surface area (Å²) in [6.45, 7) is 13.2. The first kappa shape index (κ1) is 13.2. The topological polar surface area (TPSA) is 26.0 Å². The Bertz CT molecular complexity index is 352. The standard InChI is InChI=1S/C15H25N/c1-7-8-12-10-15(6,14(3,4)5)13(16)9-11(12)2/h7-10,13H,16H2,1-6H3/b8-7-. The van der Waals surface area contributed by atoms with Crippen LogP contribution in [0.3, 0.4) is 0 Å². The SMILES string of the molecule is C/C=C\C1=CC(C)(C(C)(C)C)C(N)C=C1C. The number of nitrogens with two attached hydrogens (primary N) is 1. The molecule has 0 aromatic heterocycles. The molecule has 0 aromatic rings. The minimum atomic E-state index is 0.0152. The molecule has 1 aliphatic rings. The van der Waals surface area contributed by atoms with Gasteiger partial charge in [-0.2, -0.15) is 0 Å². The van der Waals surface area contributed by atoms with Crippen molar-refractivity contribution in [3.63, 3.8) is 0 Å². The van der Waals surface area contributed by atoms with E-state index in [1.165, 1.54) is 11.1 Å². The van der Waals surface area contributed by atoms with Gasteiger partial charge in [0.25, 0.3) is 0 Å². The highest BCUT2D eigenvalue weighted by Crippen LogP contribution is 2.46. The fourth-order valence-electron chi connectivity index (χ4n) is 2.15. The lowest BCUT2D eigenvalue weighted by molar-refractivity contribution is 0.147. The molecule has 16 heavy (non-hydrogen) atoms. The fraction of sp³-hybridized carbons (Fsp3) is 0.600. The Morgan fingerprint density at radius 3 is 2.38 bits per heavy atom. The van der Waals surface area contributed by atoms with Crippen molar-refractivity contribution >= 4 is 0 Å². The summed E-state index contributed by atoms with van der Waals surface area (Å²) in [6, 6.07) is 0.0986. The molecule has 0 spiro atoms. The number of rotatable bonds is 1. The molecule has 0 fully saturated rings. The molecule has 0 aliphatic heterocycles. The van der Waals surface area contributed by atoms with Gasteiger partial charge in [-0.3, -0.25) is 0 Å². The molecule has 1 heteroatoms. The van der Waals surface area contributed by atoms with Gasteiger partial charge in [-0.05, 0) is 30.4 Å². The van der Waals surface area contributed by atoms with Crippen molar-refractivity contribution < 1.29 is 0 Å². The zero-order chi connectivity index (χ0) is 12.6. The summed E-state index contributed by atoms with van der Waals surface area (Å²) >= 11 is 0. The van der Waals surface area contributed by atoms with Crippen LogP contribution in [0, 0.1) is 10.8 Å². The van der Waals surface area contributed by atoms with Gasteiger partial charge in [-0.25, -0.2) is 0 Å². The van der Waals surface area contributed by atoms with Gasteiger partial charge in [0.05, 0.1) is 0 Å². The molecule has 0 heterocycles. The van der Waals surface area contributed by atoms with Gasteiger partial charge in [0.1, 0.15) is 0 Å². The molecule has 0 aromatic carbocycles. The lowest BCUT2D eigenvalue weighted by Gasteiger charge is -2.45. The van der Waals surface area contributed by atoms with Gasteiger partial charge in [-0.15, -0.1) is 0 Å². The second-order valence-electron chi connectivity index (χ2n) is 6.01. The van der Waals surface area contributed by atoms with E-state index in [1.807, 2.05) is 0 Å². The molecule has 0 amide bonds. The van der Waals surface area contributed by atoms with Gasteiger partial charge in [0.15, 0.2) is 0 Å². The van der Waals surface area contributed by atoms with Gasteiger partial charge in [0.2, 0.25) is 0 Å². The first-order chi connectivity index (χ1) is 7.22. The molecule has 90 valence electrons. The minimum Gasteiger partial charge on any atom is -0.324 e. The first-order valence-corrected chi connectivity index (χ1v) is 6.02. The Morgan fingerprint density at radius 2 is 1.94 bits per heavy atom. The number of hydrogen-bond acceptors (Lipinski definition) is 1. The summed E-state index contributed by atoms with van der Waals surface area (Å²) in [4.78, 5) is 0. The first-order valence-electron chi connectivity index (χ1n) is 6.02. The summed E-state index contributed by atoms with van der Waals surface area (Å²) in [6.07, 6.45) is 8.79. The second-order valence-corrected chi connectivity index (χ2v) is 6.01. The van der Waals surface area contributed by atoms with Crippen molar-refractivity contribution in [3.05, 3.63) is 35.5 Å². The molecule has 0 bridgehead atoms. The van der Waals surface area contributed by atoms with Crippen molar-refractivity contribution in [2.75, 3.05) is 0 Å². The summed E-state index contributed by atoms with van der Waals surface area (Å²) in [5.41, 5.74) is 9.07. The van der Waals surface area contributed by atoms with Crippen LogP contribution in [0.25, 0.3) is 0 Å². The average molecular weight is 219 g/mol. The summed E-state index contributed by atoms with van der Waals surface area (Å²) in [7, 11) is 0. The van der Waals surface area contributed by atoms with Crippen molar-refractivity contribution in [1.29, 1.82) is 0 Å². The van der Waals surface area contributed by atoms with E-state index in [4.69, 9.17) is 5.73 Å². The van der Waals surface area contributed by atoms with Crippen LogP contribution >= 0.6 is 0 Å². The van der Waals surface area contributed by atoms with Crippen molar-refractivity contribution in [2.24, 2.45) is 16.6 Å². The van der Waals surface area contributed by atoms with Crippen LogP contribution in [-0.4, -0.2) is 6.04 Å². The minimum absolute atomic E-state index is 0.0152. The maximum atomic E-state index is 6.30.